The van der Waals surface area contributed by atoms with Gasteiger partial charge in [-0.3, -0.25) is 0 Å². The molecule has 2 heterocycles. The topological polar surface area (TPSA) is 25.1 Å². The van der Waals surface area contributed by atoms with Crippen molar-refractivity contribution in [1.29, 1.82) is 0 Å². The van der Waals surface area contributed by atoms with Gasteiger partial charge in [0, 0.05) is 0 Å². The van der Waals surface area contributed by atoms with E-state index >= 15 is 0 Å². The number of hydrogen-bond donors (Lipinski definition) is 0. The van der Waals surface area contributed by atoms with Crippen molar-refractivity contribution >= 4 is 0 Å². The summed E-state index contributed by atoms with van der Waals surface area (Å²) in [5.74, 6) is 0. The second-order valence-corrected chi connectivity index (χ2v) is 4.01. The van der Waals surface area contributed by atoms with Gasteiger partial charge < -0.3 is 9.47 Å². The van der Waals surface area contributed by atoms with Crippen molar-refractivity contribution in [3.63, 3.8) is 0 Å². The lowest BCUT2D eigenvalue weighted by Gasteiger charge is -2.04. The quantitative estimate of drug-likeness (QED) is 0.684. The van der Waals surface area contributed by atoms with E-state index < -0.39 is 0 Å². The molecule has 2 atom stereocenters. The van der Waals surface area contributed by atoms with Crippen LogP contribution in [0.5, 0.6) is 0 Å². The molecular formula is C12H14O2. The average Bonchev–Trinajstić information content (AvgIpc) is 3.07. The van der Waals surface area contributed by atoms with Gasteiger partial charge in [-0.2, -0.15) is 0 Å². The van der Waals surface area contributed by atoms with Crippen LogP contribution >= 0.6 is 0 Å². The monoisotopic (exact) mass is 190 g/mol. The Balaban J connectivity index is 1.97. The largest absolute Gasteiger partial charge is 0.368 e. The highest BCUT2D eigenvalue weighted by Crippen LogP contribution is 2.36. The summed E-state index contributed by atoms with van der Waals surface area (Å²) in [5, 5.41) is 0. The van der Waals surface area contributed by atoms with E-state index in [1.165, 1.54) is 16.7 Å². The Morgan fingerprint density at radius 1 is 1.07 bits per heavy atom. The lowest BCUT2D eigenvalue weighted by molar-refractivity contribution is 0.410. The molecule has 0 aliphatic carbocycles. The number of rotatable bonds is 3. The molecule has 2 fully saturated rings. The summed E-state index contributed by atoms with van der Waals surface area (Å²) in [6, 6.07) is 6.74. The number of benzene rings is 1. The van der Waals surface area contributed by atoms with Crippen LogP contribution in [0.1, 0.15) is 35.8 Å². The Morgan fingerprint density at radius 2 is 1.57 bits per heavy atom. The van der Waals surface area contributed by atoms with Crippen LogP contribution in [0.15, 0.2) is 18.2 Å². The van der Waals surface area contributed by atoms with Gasteiger partial charge in [-0.25, -0.2) is 0 Å². The standard InChI is InChI=1S/C12H14O2/c1-2-8-3-9(11-6-13-11)5-10(4-8)12-7-14-12/h3-5,11-12H,2,6-7H2,1H3. The van der Waals surface area contributed by atoms with E-state index in [0.717, 1.165) is 19.6 Å². The van der Waals surface area contributed by atoms with Crippen LogP contribution < -0.4 is 0 Å². The van der Waals surface area contributed by atoms with Gasteiger partial charge in [-0.05, 0) is 23.1 Å². The lowest BCUT2D eigenvalue weighted by atomic mass is 10.0. The fourth-order valence-electron chi connectivity index (χ4n) is 1.80. The first kappa shape index (κ1) is 8.45. The van der Waals surface area contributed by atoms with Crippen LogP contribution in [-0.2, 0) is 15.9 Å². The second kappa shape index (κ2) is 3.07. The summed E-state index contributed by atoms with van der Waals surface area (Å²) < 4.78 is 10.6. The summed E-state index contributed by atoms with van der Waals surface area (Å²) in [5.41, 5.74) is 4.05. The van der Waals surface area contributed by atoms with Crippen LogP contribution in [0.25, 0.3) is 0 Å². The number of ether oxygens (including phenoxy) is 2. The summed E-state index contributed by atoms with van der Waals surface area (Å²) in [7, 11) is 0. The molecule has 0 amide bonds. The third kappa shape index (κ3) is 1.56. The van der Waals surface area contributed by atoms with Crippen molar-refractivity contribution in [3.8, 4) is 0 Å². The summed E-state index contributed by atoms with van der Waals surface area (Å²) >= 11 is 0. The van der Waals surface area contributed by atoms with Gasteiger partial charge in [0.05, 0.1) is 13.2 Å². The van der Waals surface area contributed by atoms with E-state index in [1.54, 1.807) is 0 Å². The number of epoxide rings is 2. The van der Waals surface area contributed by atoms with Crippen LogP contribution in [-0.4, -0.2) is 13.2 Å². The molecule has 0 radical (unpaired) electrons. The minimum atomic E-state index is 0.360. The van der Waals surface area contributed by atoms with Crippen molar-refractivity contribution in [2.45, 2.75) is 25.6 Å². The van der Waals surface area contributed by atoms with E-state index in [-0.39, 0.29) is 0 Å². The minimum Gasteiger partial charge on any atom is -0.368 e. The maximum absolute atomic E-state index is 5.31. The van der Waals surface area contributed by atoms with E-state index in [2.05, 4.69) is 25.1 Å². The van der Waals surface area contributed by atoms with Crippen LogP contribution in [0.2, 0.25) is 0 Å². The normalized spacial score (nSPS) is 28.9. The lowest BCUT2D eigenvalue weighted by Crippen LogP contribution is -1.91. The van der Waals surface area contributed by atoms with Gasteiger partial charge in [0.2, 0.25) is 0 Å². The Hall–Kier alpha value is -0.860. The second-order valence-electron chi connectivity index (χ2n) is 4.01. The van der Waals surface area contributed by atoms with Crippen LogP contribution in [0.3, 0.4) is 0 Å². The van der Waals surface area contributed by atoms with Gasteiger partial charge in [0.25, 0.3) is 0 Å². The molecule has 2 saturated heterocycles. The zero-order valence-electron chi connectivity index (χ0n) is 8.32. The Labute approximate surface area is 83.8 Å². The molecule has 0 bridgehead atoms. The summed E-state index contributed by atoms with van der Waals surface area (Å²) in [6.07, 6.45) is 1.80. The molecule has 2 aliphatic rings. The third-order valence-electron chi connectivity index (χ3n) is 2.86. The summed E-state index contributed by atoms with van der Waals surface area (Å²) in [6.45, 7) is 3.96. The Morgan fingerprint density at radius 3 is 1.93 bits per heavy atom. The van der Waals surface area contributed by atoms with Gasteiger partial charge in [-0.15, -0.1) is 0 Å². The van der Waals surface area contributed by atoms with Crippen molar-refractivity contribution < 1.29 is 9.47 Å². The Bertz CT molecular complexity index is 321. The summed E-state index contributed by atoms with van der Waals surface area (Å²) in [4.78, 5) is 0. The molecule has 0 spiro atoms. The molecule has 2 nitrogen and oxygen atoms in total. The van der Waals surface area contributed by atoms with Crippen molar-refractivity contribution in [1.82, 2.24) is 0 Å². The van der Waals surface area contributed by atoms with Gasteiger partial charge in [0.1, 0.15) is 12.2 Å². The fraction of sp³-hybridized carbons (Fsp3) is 0.500. The molecule has 2 heteroatoms. The molecule has 0 saturated carbocycles. The van der Waals surface area contributed by atoms with Crippen molar-refractivity contribution in [3.05, 3.63) is 34.9 Å². The first-order valence-electron chi connectivity index (χ1n) is 5.24. The molecule has 3 rings (SSSR count). The van der Waals surface area contributed by atoms with Gasteiger partial charge >= 0.3 is 0 Å². The molecule has 2 aliphatic heterocycles. The van der Waals surface area contributed by atoms with Gasteiger partial charge in [0.15, 0.2) is 0 Å². The van der Waals surface area contributed by atoms with Crippen molar-refractivity contribution in [2.75, 3.05) is 13.2 Å². The molecule has 74 valence electrons. The highest BCUT2D eigenvalue weighted by molar-refractivity contribution is 5.35. The van der Waals surface area contributed by atoms with E-state index in [9.17, 15) is 0 Å². The first-order valence-corrected chi connectivity index (χ1v) is 5.24. The minimum absolute atomic E-state index is 0.360. The Kier molecular flexibility index (Phi) is 1.85. The maximum atomic E-state index is 5.31. The predicted molar refractivity (Wildman–Crippen MR) is 53.2 cm³/mol. The third-order valence-corrected chi connectivity index (χ3v) is 2.86. The smallest absolute Gasteiger partial charge is 0.106 e. The van der Waals surface area contributed by atoms with E-state index in [4.69, 9.17) is 9.47 Å². The highest BCUT2D eigenvalue weighted by Gasteiger charge is 2.29. The molecule has 1 aromatic carbocycles. The van der Waals surface area contributed by atoms with E-state index in [0.29, 0.717) is 12.2 Å². The molecule has 14 heavy (non-hydrogen) atoms. The first-order chi connectivity index (χ1) is 6.86. The average molecular weight is 190 g/mol. The molecule has 1 aromatic rings. The zero-order chi connectivity index (χ0) is 9.54. The van der Waals surface area contributed by atoms with Crippen molar-refractivity contribution in [2.24, 2.45) is 0 Å². The predicted octanol–water partition coefficient (Wildman–Crippen LogP) is 2.39. The number of hydrogen-bond acceptors (Lipinski definition) is 2. The molecule has 2 unspecified atom stereocenters. The molecule has 0 aromatic heterocycles. The van der Waals surface area contributed by atoms with Crippen LogP contribution in [0, 0.1) is 0 Å². The fourth-order valence-corrected chi connectivity index (χ4v) is 1.80. The van der Waals surface area contributed by atoms with Crippen LogP contribution in [0.4, 0.5) is 0 Å². The zero-order valence-corrected chi connectivity index (χ0v) is 8.32. The highest BCUT2D eigenvalue weighted by atomic mass is 16.6. The SMILES string of the molecule is CCc1cc(C2CO2)cc(C2CO2)c1. The number of aryl methyl sites for hydroxylation is 1. The maximum Gasteiger partial charge on any atom is 0.106 e. The van der Waals surface area contributed by atoms with E-state index in [1.807, 2.05) is 0 Å². The molecule has 0 N–H and O–H groups in total. The van der Waals surface area contributed by atoms with Gasteiger partial charge in [-0.1, -0.05) is 25.1 Å². The molecular weight excluding hydrogens is 176 g/mol.